The predicted molar refractivity (Wildman–Crippen MR) is 95.0 cm³/mol. The Morgan fingerprint density at radius 2 is 1.26 bits per heavy atom. The average molecular weight is 303 g/mol. The molecule has 0 spiro atoms. The van der Waals surface area contributed by atoms with Crippen molar-refractivity contribution >= 4 is 0 Å². The van der Waals surface area contributed by atoms with Gasteiger partial charge in [0.05, 0.1) is 6.10 Å². The largest absolute Gasteiger partial charge is 0.387 e. The first-order valence-corrected chi connectivity index (χ1v) is 7.91. The predicted octanol–water partition coefficient (Wildman–Crippen LogP) is 4.18. The summed E-state index contributed by atoms with van der Waals surface area (Å²) in [6, 6.07) is 28.6. The van der Waals surface area contributed by atoms with Crippen LogP contribution in [0.3, 0.4) is 0 Å². The van der Waals surface area contributed by atoms with E-state index in [2.05, 4.69) is 41.7 Å². The van der Waals surface area contributed by atoms with Crippen molar-refractivity contribution < 1.29 is 5.11 Å². The van der Waals surface area contributed by atoms with Crippen LogP contribution in [-0.4, -0.2) is 11.7 Å². The molecular formula is C21H21NO. The normalized spacial score (nSPS) is 12.0. The summed E-state index contributed by atoms with van der Waals surface area (Å²) in [4.78, 5) is 0. The van der Waals surface area contributed by atoms with Gasteiger partial charge in [-0.15, -0.1) is 0 Å². The van der Waals surface area contributed by atoms with E-state index in [0.29, 0.717) is 6.54 Å². The van der Waals surface area contributed by atoms with Crippen LogP contribution in [0.25, 0.3) is 11.1 Å². The molecule has 3 aromatic rings. The number of aliphatic hydroxyl groups is 1. The molecule has 0 heterocycles. The Hall–Kier alpha value is -2.42. The summed E-state index contributed by atoms with van der Waals surface area (Å²) < 4.78 is 0. The van der Waals surface area contributed by atoms with Crippen LogP contribution in [0.15, 0.2) is 84.9 Å². The Kier molecular flexibility index (Phi) is 5.20. The van der Waals surface area contributed by atoms with Crippen LogP contribution in [0.4, 0.5) is 0 Å². The molecule has 2 N–H and O–H groups in total. The van der Waals surface area contributed by atoms with Gasteiger partial charge in [-0.1, -0.05) is 84.9 Å². The third kappa shape index (κ3) is 4.28. The standard InChI is InChI=1S/C21H21NO/c23-21(16-22-15-17-7-3-1-4-8-17)20-13-11-19(12-14-20)18-9-5-2-6-10-18/h1-14,21-23H,15-16H2. The molecule has 0 aliphatic rings. The van der Waals surface area contributed by atoms with E-state index in [1.165, 1.54) is 16.7 Å². The van der Waals surface area contributed by atoms with Gasteiger partial charge in [-0.25, -0.2) is 0 Å². The molecule has 1 unspecified atom stereocenters. The van der Waals surface area contributed by atoms with Gasteiger partial charge < -0.3 is 10.4 Å². The zero-order chi connectivity index (χ0) is 15.9. The number of benzene rings is 3. The highest BCUT2D eigenvalue weighted by Crippen LogP contribution is 2.21. The summed E-state index contributed by atoms with van der Waals surface area (Å²) in [6.07, 6.45) is -0.497. The fraction of sp³-hybridized carbons (Fsp3) is 0.143. The fourth-order valence-corrected chi connectivity index (χ4v) is 2.60. The van der Waals surface area contributed by atoms with Crippen LogP contribution in [-0.2, 0) is 6.54 Å². The van der Waals surface area contributed by atoms with Gasteiger partial charge in [0.25, 0.3) is 0 Å². The molecule has 0 saturated heterocycles. The summed E-state index contributed by atoms with van der Waals surface area (Å²) in [5.41, 5.74) is 4.51. The Balaban J connectivity index is 1.56. The van der Waals surface area contributed by atoms with Crippen molar-refractivity contribution in [1.29, 1.82) is 0 Å². The summed E-state index contributed by atoms with van der Waals surface area (Å²) in [7, 11) is 0. The minimum Gasteiger partial charge on any atom is -0.387 e. The molecule has 0 amide bonds. The maximum Gasteiger partial charge on any atom is 0.0914 e. The number of rotatable bonds is 6. The topological polar surface area (TPSA) is 32.3 Å². The Bertz CT molecular complexity index is 708. The molecule has 2 heteroatoms. The van der Waals surface area contributed by atoms with Crippen LogP contribution in [0.1, 0.15) is 17.2 Å². The highest BCUT2D eigenvalue weighted by Gasteiger charge is 2.07. The van der Waals surface area contributed by atoms with Gasteiger partial charge in [-0.3, -0.25) is 0 Å². The third-order valence-corrected chi connectivity index (χ3v) is 3.91. The lowest BCUT2D eigenvalue weighted by atomic mass is 10.0. The number of hydrogen-bond donors (Lipinski definition) is 2. The zero-order valence-corrected chi connectivity index (χ0v) is 13.0. The van der Waals surface area contributed by atoms with Gasteiger partial charge in [0.1, 0.15) is 0 Å². The number of aliphatic hydroxyl groups excluding tert-OH is 1. The molecule has 0 aromatic heterocycles. The van der Waals surface area contributed by atoms with Gasteiger partial charge in [0.2, 0.25) is 0 Å². The molecular weight excluding hydrogens is 282 g/mol. The lowest BCUT2D eigenvalue weighted by Crippen LogP contribution is -2.20. The quantitative estimate of drug-likeness (QED) is 0.716. The van der Waals surface area contributed by atoms with Crippen LogP contribution >= 0.6 is 0 Å². The van der Waals surface area contributed by atoms with E-state index in [-0.39, 0.29) is 0 Å². The zero-order valence-electron chi connectivity index (χ0n) is 13.0. The summed E-state index contributed by atoms with van der Waals surface area (Å²) in [6.45, 7) is 1.31. The Morgan fingerprint density at radius 3 is 1.91 bits per heavy atom. The molecule has 0 bridgehead atoms. The lowest BCUT2D eigenvalue weighted by molar-refractivity contribution is 0.174. The molecule has 2 nitrogen and oxygen atoms in total. The highest BCUT2D eigenvalue weighted by molar-refractivity contribution is 5.63. The number of nitrogens with one attached hydrogen (secondary N) is 1. The SMILES string of the molecule is OC(CNCc1ccccc1)c1ccc(-c2ccccc2)cc1. The van der Waals surface area contributed by atoms with E-state index in [4.69, 9.17) is 0 Å². The van der Waals surface area contributed by atoms with Crippen LogP contribution in [0, 0.1) is 0 Å². The first-order chi connectivity index (χ1) is 11.3. The van der Waals surface area contributed by atoms with Gasteiger partial charge in [0.15, 0.2) is 0 Å². The molecule has 0 saturated carbocycles. The summed E-state index contributed by atoms with van der Waals surface area (Å²) in [5, 5.41) is 13.6. The molecule has 1 atom stereocenters. The average Bonchev–Trinajstić information content (AvgIpc) is 2.63. The molecule has 3 aromatic carbocycles. The molecule has 0 aliphatic heterocycles. The van der Waals surface area contributed by atoms with Gasteiger partial charge in [-0.05, 0) is 22.3 Å². The maximum atomic E-state index is 10.3. The smallest absolute Gasteiger partial charge is 0.0914 e. The second-order valence-corrected chi connectivity index (χ2v) is 5.62. The minimum atomic E-state index is -0.497. The van der Waals surface area contributed by atoms with E-state index < -0.39 is 6.10 Å². The maximum absolute atomic E-state index is 10.3. The van der Waals surface area contributed by atoms with Crippen molar-refractivity contribution in [3.63, 3.8) is 0 Å². The molecule has 116 valence electrons. The summed E-state index contributed by atoms with van der Waals surface area (Å²) in [5.74, 6) is 0. The second kappa shape index (κ2) is 7.73. The fourth-order valence-electron chi connectivity index (χ4n) is 2.60. The van der Waals surface area contributed by atoms with Crippen molar-refractivity contribution in [3.8, 4) is 11.1 Å². The molecule has 23 heavy (non-hydrogen) atoms. The molecule has 0 aliphatic carbocycles. The monoisotopic (exact) mass is 303 g/mol. The third-order valence-electron chi connectivity index (χ3n) is 3.91. The minimum absolute atomic E-state index is 0.497. The van der Waals surface area contributed by atoms with E-state index in [1.807, 2.05) is 48.5 Å². The Labute approximate surface area is 137 Å². The van der Waals surface area contributed by atoms with Crippen molar-refractivity contribution in [3.05, 3.63) is 96.1 Å². The van der Waals surface area contributed by atoms with Crippen LogP contribution in [0.5, 0.6) is 0 Å². The second-order valence-electron chi connectivity index (χ2n) is 5.62. The van der Waals surface area contributed by atoms with Crippen molar-refractivity contribution in [1.82, 2.24) is 5.32 Å². The summed E-state index contributed by atoms with van der Waals surface area (Å²) >= 11 is 0. The van der Waals surface area contributed by atoms with Crippen molar-refractivity contribution in [2.45, 2.75) is 12.6 Å². The lowest BCUT2D eigenvalue weighted by Gasteiger charge is -2.13. The van der Waals surface area contributed by atoms with Crippen LogP contribution in [0.2, 0.25) is 0 Å². The van der Waals surface area contributed by atoms with E-state index in [0.717, 1.165) is 12.1 Å². The van der Waals surface area contributed by atoms with E-state index in [9.17, 15) is 5.11 Å². The molecule has 0 radical (unpaired) electrons. The molecule has 0 fully saturated rings. The first-order valence-electron chi connectivity index (χ1n) is 7.91. The first kappa shape index (κ1) is 15.5. The van der Waals surface area contributed by atoms with Gasteiger partial charge >= 0.3 is 0 Å². The molecule has 3 rings (SSSR count). The Morgan fingerprint density at radius 1 is 0.696 bits per heavy atom. The van der Waals surface area contributed by atoms with Gasteiger partial charge in [-0.2, -0.15) is 0 Å². The van der Waals surface area contributed by atoms with Crippen molar-refractivity contribution in [2.75, 3.05) is 6.54 Å². The van der Waals surface area contributed by atoms with Crippen LogP contribution < -0.4 is 5.32 Å². The van der Waals surface area contributed by atoms with Crippen molar-refractivity contribution in [2.24, 2.45) is 0 Å². The van der Waals surface area contributed by atoms with E-state index >= 15 is 0 Å². The van der Waals surface area contributed by atoms with Gasteiger partial charge in [0, 0.05) is 13.1 Å². The highest BCUT2D eigenvalue weighted by atomic mass is 16.3. The van der Waals surface area contributed by atoms with E-state index in [1.54, 1.807) is 0 Å². The number of hydrogen-bond acceptors (Lipinski definition) is 2.